The average Bonchev–Trinajstić information content (AvgIpc) is 3.40. The van der Waals surface area contributed by atoms with Crippen LogP contribution in [-0.4, -0.2) is 38.7 Å². The molecule has 3 aromatic rings. The third-order valence-corrected chi connectivity index (χ3v) is 6.58. The maximum atomic E-state index is 13.1. The molecule has 0 bridgehead atoms. The van der Waals surface area contributed by atoms with Gasteiger partial charge in [0.25, 0.3) is 10.0 Å². The third-order valence-electron chi connectivity index (χ3n) is 5.18. The second-order valence-electron chi connectivity index (χ2n) is 7.48. The highest BCUT2D eigenvalue weighted by Crippen LogP contribution is 2.31. The summed E-state index contributed by atoms with van der Waals surface area (Å²) >= 11 is 0. The Morgan fingerprint density at radius 3 is 2.47 bits per heavy atom. The fourth-order valence-electron chi connectivity index (χ4n) is 3.63. The Labute approximate surface area is 176 Å². The van der Waals surface area contributed by atoms with E-state index in [1.165, 1.54) is 31.6 Å². The summed E-state index contributed by atoms with van der Waals surface area (Å²) in [6.45, 7) is 4.94. The molecule has 0 atom stereocenters. The van der Waals surface area contributed by atoms with Crippen molar-refractivity contribution in [3.63, 3.8) is 0 Å². The first-order valence-corrected chi connectivity index (χ1v) is 11.4. The summed E-state index contributed by atoms with van der Waals surface area (Å²) < 4.78 is 39.4. The molecule has 0 radical (unpaired) electrons. The number of nitrogens with one attached hydrogen (secondary N) is 1. The Morgan fingerprint density at radius 2 is 1.83 bits per heavy atom. The highest BCUT2D eigenvalue weighted by Gasteiger charge is 2.22. The van der Waals surface area contributed by atoms with Gasteiger partial charge in [-0.3, -0.25) is 9.62 Å². The van der Waals surface area contributed by atoms with Gasteiger partial charge >= 0.3 is 0 Å². The van der Waals surface area contributed by atoms with Gasteiger partial charge in [0.15, 0.2) is 5.76 Å². The van der Waals surface area contributed by atoms with Gasteiger partial charge < -0.3 is 9.26 Å². The molecule has 0 unspecified atom stereocenters. The van der Waals surface area contributed by atoms with E-state index in [1.54, 1.807) is 30.3 Å². The molecule has 0 amide bonds. The summed E-state index contributed by atoms with van der Waals surface area (Å²) in [5, 5.41) is 3.87. The number of benzene rings is 2. The van der Waals surface area contributed by atoms with E-state index < -0.39 is 10.0 Å². The quantitative estimate of drug-likeness (QED) is 0.612. The molecule has 1 aliphatic rings. The van der Waals surface area contributed by atoms with E-state index in [4.69, 9.17) is 9.26 Å². The lowest BCUT2D eigenvalue weighted by molar-refractivity contribution is 0.331. The van der Waals surface area contributed by atoms with Crippen molar-refractivity contribution < 1.29 is 17.7 Å². The van der Waals surface area contributed by atoms with Gasteiger partial charge in [0.05, 0.1) is 12.8 Å². The summed E-state index contributed by atoms with van der Waals surface area (Å²) in [6, 6.07) is 14.1. The molecule has 4 rings (SSSR count). The standard InChI is InChI=1S/C22H25N3O4S/c1-16-13-21(29-23-16)18-7-10-20(28-2)22(14-18)30(26,27)24-19-8-5-17(6-9-19)15-25-11-3-4-12-25/h5-10,13-14,24H,3-4,11-12,15H2,1-2H3. The molecule has 1 N–H and O–H groups in total. The van der Waals surface area contributed by atoms with Crippen molar-refractivity contribution >= 4 is 15.7 Å². The average molecular weight is 428 g/mol. The second kappa shape index (κ2) is 8.49. The molecule has 2 aromatic carbocycles. The Bertz CT molecular complexity index is 1120. The van der Waals surface area contributed by atoms with E-state index >= 15 is 0 Å². The van der Waals surface area contributed by atoms with Crippen LogP contribution in [0.1, 0.15) is 24.1 Å². The molecule has 30 heavy (non-hydrogen) atoms. The molecule has 7 nitrogen and oxygen atoms in total. The lowest BCUT2D eigenvalue weighted by atomic mass is 10.1. The Morgan fingerprint density at radius 1 is 1.10 bits per heavy atom. The Hall–Kier alpha value is -2.84. The van der Waals surface area contributed by atoms with Crippen LogP contribution in [0, 0.1) is 6.92 Å². The van der Waals surface area contributed by atoms with Gasteiger partial charge in [-0.25, -0.2) is 8.42 Å². The van der Waals surface area contributed by atoms with Gasteiger partial charge in [0, 0.05) is 23.9 Å². The van der Waals surface area contributed by atoms with Gasteiger partial charge in [-0.2, -0.15) is 0 Å². The highest BCUT2D eigenvalue weighted by molar-refractivity contribution is 7.92. The monoisotopic (exact) mass is 427 g/mol. The lowest BCUT2D eigenvalue weighted by Crippen LogP contribution is -2.18. The van der Waals surface area contributed by atoms with Gasteiger partial charge in [0.2, 0.25) is 0 Å². The predicted molar refractivity (Wildman–Crippen MR) is 115 cm³/mol. The van der Waals surface area contributed by atoms with Crippen LogP contribution in [0.4, 0.5) is 5.69 Å². The SMILES string of the molecule is COc1ccc(-c2cc(C)no2)cc1S(=O)(=O)Nc1ccc(CN2CCCC2)cc1. The van der Waals surface area contributed by atoms with Crippen molar-refractivity contribution in [2.45, 2.75) is 31.2 Å². The van der Waals surface area contributed by atoms with Crippen molar-refractivity contribution in [2.24, 2.45) is 0 Å². The van der Waals surface area contributed by atoms with Crippen molar-refractivity contribution in [1.29, 1.82) is 0 Å². The number of sulfonamides is 1. The molecular formula is C22H25N3O4S. The minimum atomic E-state index is -3.86. The fraction of sp³-hybridized carbons (Fsp3) is 0.318. The Balaban J connectivity index is 1.56. The molecule has 1 aliphatic heterocycles. The maximum absolute atomic E-state index is 13.1. The van der Waals surface area contributed by atoms with Gasteiger partial charge in [0.1, 0.15) is 10.6 Å². The van der Waals surface area contributed by atoms with Crippen LogP contribution in [0.3, 0.4) is 0 Å². The van der Waals surface area contributed by atoms with Crippen LogP contribution in [0.25, 0.3) is 11.3 Å². The molecule has 0 spiro atoms. The number of anilines is 1. The minimum absolute atomic E-state index is 0.0395. The van der Waals surface area contributed by atoms with Crippen molar-refractivity contribution in [2.75, 3.05) is 24.9 Å². The number of hydrogen-bond donors (Lipinski definition) is 1. The maximum Gasteiger partial charge on any atom is 0.265 e. The van der Waals surface area contributed by atoms with Crippen molar-refractivity contribution in [3.8, 4) is 17.1 Å². The minimum Gasteiger partial charge on any atom is -0.495 e. The fourth-order valence-corrected chi connectivity index (χ4v) is 4.88. The number of hydrogen-bond acceptors (Lipinski definition) is 6. The smallest absolute Gasteiger partial charge is 0.265 e. The van der Waals surface area contributed by atoms with Crippen LogP contribution in [0.5, 0.6) is 5.75 Å². The van der Waals surface area contributed by atoms with E-state index in [0.29, 0.717) is 17.0 Å². The predicted octanol–water partition coefficient (Wildman–Crippen LogP) is 4.06. The normalized spacial score (nSPS) is 14.7. The lowest BCUT2D eigenvalue weighted by Gasteiger charge is -2.15. The van der Waals surface area contributed by atoms with Crippen molar-refractivity contribution in [3.05, 3.63) is 59.8 Å². The summed E-state index contributed by atoms with van der Waals surface area (Å²) in [4.78, 5) is 2.44. The first kappa shape index (κ1) is 20.4. The van der Waals surface area contributed by atoms with Crippen LogP contribution in [0.15, 0.2) is 57.9 Å². The molecule has 8 heteroatoms. The van der Waals surface area contributed by atoms with Gasteiger partial charge in [-0.15, -0.1) is 0 Å². The molecular weight excluding hydrogens is 402 g/mol. The largest absolute Gasteiger partial charge is 0.495 e. The zero-order valence-electron chi connectivity index (χ0n) is 17.1. The summed E-state index contributed by atoms with van der Waals surface area (Å²) in [7, 11) is -2.42. The topological polar surface area (TPSA) is 84.7 Å². The first-order chi connectivity index (χ1) is 14.4. The molecule has 1 fully saturated rings. The first-order valence-electron chi connectivity index (χ1n) is 9.90. The highest BCUT2D eigenvalue weighted by atomic mass is 32.2. The molecule has 0 aliphatic carbocycles. The number of likely N-dealkylation sites (tertiary alicyclic amines) is 1. The summed E-state index contributed by atoms with van der Waals surface area (Å²) in [5.41, 5.74) is 3.00. The molecule has 0 saturated carbocycles. The number of aromatic nitrogens is 1. The van der Waals surface area contributed by atoms with E-state index in [1.807, 2.05) is 19.1 Å². The zero-order valence-corrected chi connectivity index (χ0v) is 17.9. The van der Waals surface area contributed by atoms with Crippen LogP contribution in [0.2, 0.25) is 0 Å². The van der Waals surface area contributed by atoms with Gasteiger partial charge in [-0.05, 0) is 68.8 Å². The van der Waals surface area contributed by atoms with E-state index in [-0.39, 0.29) is 10.6 Å². The van der Waals surface area contributed by atoms with Crippen LogP contribution < -0.4 is 9.46 Å². The number of rotatable bonds is 7. The molecule has 1 aromatic heterocycles. The third kappa shape index (κ3) is 4.49. The second-order valence-corrected chi connectivity index (χ2v) is 9.13. The number of nitrogens with zero attached hydrogens (tertiary/aromatic N) is 2. The van der Waals surface area contributed by atoms with E-state index in [9.17, 15) is 8.42 Å². The summed E-state index contributed by atoms with van der Waals surface area (Å²) in [5.74, 6) is 0.756. The number of aryl methyl sites for hydroxylation is 1. The number of methoxy groups -OCH3 is 1. The van der Waals surface area contributed by atoms with Crippen LogP contribution in [-0.2, 0) is 16.6 Å². The molecule has 2 heterocycles. The van der Waals surface area contributed by atoms with Gasteiger partial charge in [-0.1, -0.05) is 17.3 Å². The van der Waals surface area contributed by atoms with Crippen molar-refractivity contribution in [1.82, 2.24) is 10.1 Å². The molecule has 158 valence electrons. The zero-order chi connectivity index (χ0) is 21.1. The molecule has 1 saturated heterocycles. The summed E-state index contributed by atoms with van der Waals surface area (Å²) in [6.07, 6.45) is 2.48. The van der Waals surface area contributed by atoms with Crippen LogP contribution >= 0.6 is 0 Å². The van der Waals surface area contributed by atoms with E-state index in [0.717, 1.165) is 25.3 Å². The Kier molecular flexibility index (Phi) is 5.78. The number of ether oxygens (including phenoxy) is 1. The van der Waals surface area contributed by atoms with E-state index in [2.05, 4.69) is 14.8 Å².